The second-order valence-corrected chi connectivity index (χ2v) is 11.5. The zero-order chi connectivity index (χ0) is 30.7. The number of aliphatic hydroxyl groups is 2. The number of hydrogen-bond donors (Lipinski definition) is 4. The first-order valence-electron chi connectivity index (χ1n) is 17.0. The summed E-state index contributed by atoms with van der Waals surface area (Å²) in [6, 6.07) is 0. The summed E-state index contributed by atoms with van der Waals surface area (Å²) in [7, 11) is 0. The molecule has 0 spiro atoms. The Hall–Kier alpha value is -1.14. The minimum atomic E-state index is -1.08. The molecule has 40 heavy (non-hydrogen) atoms. The van der Waals surface area contributed by atoms with Gasteiger partial charge in [0.25, 0.3) is 0 Å². The van der Waals surface area contributed by atoms with Crippen molar-refractivity contribution in [2.45, 2.75) is 207 Å². The fraction of sp³-hybridized carbons (Fsp3) is 0.941. The molecular formula is C34H70O6. The van der Waals surface area contributed by atoms with Gasteiger partial charge in [-0.1, -0.05) is 168 Å². The average Bonchev–Trinajstić information content (AvgIpc) is 2.92. The molecule has 242 valence electrons. The third-order valence-corrected chi connectivity index (χ3v) is 7.17. The predicted molar refractivity (Wildman–Crippen MR) is 170 cm³/mol. The number of carbonyl (C=O) groups is 2. The second-order valence-electron chi connectivity index (χ2n) is 11.5. The third-order valence-electron chi connectivity index (χ3n) is 7.17. The summed E-state index contributed by atoms with van der Waals surface area (Å²) in [5.41, 5.74) is 0. The first-order valence-corrected chi connectivity index (χ1v) is 17.0. The van der Waals surface area contributed by atoms with Crippen molar-refractivity contribution in [1.29, 1.82) is 0 Å². The van der Waals surface area contributed by atoms with E-state index < -0.39 is 24.1 Å². The van der Waals surface area contributed by atoms with Crippen LogP contribution in [0.4, 0.5) is 0 Å². The van der Waals surface area contributed by atoms with Crippen LogP contribution in [0.25, 0.3) is 0 Å². The van der Waals surface area contributed by atoms with Crippen LogP contribution in [0, 0.1) is 0 Å². The lowest BCUT2D eigenvalue weighted by Gasteiger charge is -2.12. The number of hydrogen-bond acceptors (Lipinski definition) is 4. The Bertz CT molecular complexity index is 461. The molecule has 0 aromatic rings. The minimum absolute atomic E-state index is 0.296. The standard InChI is InChI=1S/C22H46.C8H18O2.C4H6O4/c1-3-5-7-9-11-13-15-17-19-21-22-20-18-16-14-12-10-8-6-4-2;1-3-4-5-6-8(10)7(2)9;5-3(6)1-2-4(7)8/h3-22H2,1-2H3;7-10H,3-6H2,1-2H3;1-2H2,(H,5,6)(H,7,8). The molecule has 4 N–H and O–H groups in total. The highest BCUT2D eigenvalue weighted by Gasteiger charge is 2.08. The van der Waals surface area contributed by atoms with Crippen molar-refractivity contribution in [1.82, 2.24) is 0 Å². The second kappa shape index (κ2) is 37.9. The fourth-order valence-electron chi connectivity index (χ4n) is 4.39. The number of carboxylic acid groups (broad SMARTS) is 2. The van der Waals surface area contributed by atoms with Crippen molar-refractivity contribution in [3.05, 3.63) is 0 Å². The third kappa shape index (κ3) is 46.7. The number of carboxylic acids is 2. The zero-order valence-electron chi connectivity index (χ0n) is 27.1. The van der Waals surface area contributed by atoms with Gasteiger partial charge < -0.3 is 20.4 Å². The number of unbranched alkanes of at least 4 members (excludes halogenated alkanes) is 21. The van der Waals surface area contributed by atoms with Gasteiger partial charge in [0.2, 0.25) is 0 Å². The summed E-state index contributed by atoms with van der Waals surface area (Å²) < 4.78 is 0. The van der Waals surface area contributed by atoms with Crippen LogP contribution in [0.15, 0.2) is 0 Å². The normalized spacial score (nSPS) is 12.1. The largest absolute Gasteiger partial charge is 0.481 e. The Morgan fingerprint density at radius 3 is 0.875 bits per heavy atom. The van der Waals surface area contributed by atoms with E-state index >= 15 is 0 Å². The highest BCUT2D eigenvalue weighted by molar-refractivity contribution is 5.75. The van der Waals surface area contributed by atoms with E-state index in [9.17, 15) is 9.59 Å². The SMILES string of the molecule is CCCCCC(O)C(C)O.CCCCCCCCCCCCCCCCCCCCCC.O=C(O)CCC(=O)O. The number of aliphatic hydroxyl groups excluding tert-OH is 2. The molecule has 0 radical (unpaired) electrons. The van der Waals surface area contributed by atoms with Gasteiger partial charge in [-0.15, -0.1) is 0 Å². The van der Waals surface area contributed by atoms with Crippen molar-refractivity contribution in [3.63, 3.8) is 0 Å². The zero-order valence-corrected chi connectivity index (χ0v) is 27.1. The summed E-state index contributed by atoms with van der Waals surface area (Å²) in [5, 5.41) is 33.8. The molecule has 6 nitrogen and oxygen atoms in total. The highest BCUT2D eigenvalue weighted by Crippen LogP contribution is 2.14. The lowest BCUT2D eigenvalue weighted by molar-refractivity contribution is -0.143. The Kier molecular flexibility index (Phi) is 41.0. The molecule has 0 aliphatic carbocycles. The first-order chi connectivity index (χ1) is 19.2. The van der Waals surface area contributed by atoms with Crippen LogP contribution in [-0.2, 0) is 9.59 Å². The maximum atomic E-state index is 9.64. The summed E-state index contributed by atoms with van der Waals surface area (Å²) in [5.74, 6) is -2.15. The molecule has 0 saturated carbocycles. The molecule has 0 fully saturated rings. The maximum Gasteiger partial charge on any atom is 0.303 e. The molecule has 0 aliphatic rings. The average molecular weight is 575 g/mol. The maximum absolute atomic E-state index is 9.64. The Balaban J connectivity index is -0.000000624. The number of rotatable bonds is 27. The molecule has 0 heterocycles. The monoisotopic (exact) mass is 575 g/mol. The first kappa shape index (κ1) is 43.3. The Morgan fingerprint density at radius 2 is 0.675 bits per heavy atom. The van der Waals surface area contributed by atoms with Crippen molar-refractivity contribution in [3.8, 4) is 0 Å². The molecule has 0 saturated heterocycles. The molecule has 0 aromatic heterocycles. The Morgan fingerprint density at radius 1 is 0.450 bits per heavy atom. The van der Waals surface area contributed by atoms with Gasteiger partial charge in [0.05, 0.1) is 25.0 Å². The van der Waals surface area contributed by atoms with Gasteiger partial charge in [-0.3, -0.25) is 9.59 Å². The van der Waals surface area contributed by atoms with Crippen LogP contribution in [0.1, 0.15) is 195 Å². The van der Waals surface area contributed by atoms with Crippen LogP contribution in [0.5, 0.6) is 0 Å². The topological polar surface area (TPSA) is 115 Å². The summed E-state index contributed by atoms with van der Waals surface area (Å²) >= 11 is 0. The molecule has 2 atom stereocenters. The molecular weight excluding hydrogens is 504 g/mol. The van der Waals surface area contributed by atoms with Crippen molar-refractivity contribution in [2.75, 3.05) is 0 Å². The van der Waals surface area contributed by atoms with E-state index in [1.54, 1.807) is 6.92 Å². The molecule has 0 rings (SSSR count). The predicted octanol–water partition coefficient (Wildman–Crippen LogP) is 10.1. The van der Waals surface area contributed by atoms with E-state index in [0.717, 1.165) is 25.7 Å². The van der Waals surface area contributed by atoms with Gasteiger partial charge in [-0.2, -0.15) is 0 Å². The molecule has 0 aliphatic heterocycles. The van der Waals surface area contributed by atoms with Gasteiger partial charge in [0, 0.05) is 0 Å². The van der Waals surface area contributed by atoms with Gasteiger partial charge in [-0.25, -0.2) is 0 Å². The van der Waals surface area contributed by atoms with Crippen molar-refractivity contribution in [2.24, 2.45) is 0 Å². The lowest BCUT2D eigenvalue weighted by Crippen LogP contribution is -2.21. The van der Waals surface area contributed by atoms with Gasteiger partial charge >= 0.3 is 11.9 Å². The van der Waals surface area contributed by atoms with E-state index in [-0.39, 0.29) is 12.8 Å². The summed E-state index contributed by atoms with van der Waals surface area (Å²) in [6.07, 6.45) is 31.8. The van der Waals surface area contributed by atoms with Gasteiger partial charge in [0.1, 0.15) is 0 Å². The Labute approximate surface area is 248 Å². The van der Waals surface area contributed by atoms with Crippen LogP contribution in [0.2, 0.25) is 0 Å². The van der Waals surface area contributed by atoms with Crippen molar-refractivity contribution >= 4 is 11.9 Å². The van der Waals surface area contributed by atoms with Crippen LogP contribution in [-0.4, -0.2) is 44.6 Å². The molecule has 2 unspecified atom stereocenters. The summed E-state index contributed by atoms with van der Waals surface area (Å²) in [6.45, 7) is 8.34. The minimum Gasteiger partial charge on any atom is -0.481 e. The van der Waals surface area contributed by atoms with Crippen LogP contribution < -0.4 is 0 Å². The number of aliphatic carboxylic acids is 2. The van der Waals surface area contributed by atoms with E-state index in [2.05, 4.69) is 20.8 Å². The van der Waals surface area contributed by atoms with E-state index in [1.807, 2.05) is 0 Å². The molecule has 6 heteroatoms. The summed E-state index contributed by atoms with van der Waals surface area (Å²) in [4.78, 5) is 19.3. The molecule has 0 aromatic carbocycles. The van der Waals surface area contributed by atoms with E-state index in [1.165, 1.54) is 128 Å². The van der Waals surface area contributed by atoms with Crippen LogP contribution in [0.3, 0.4) is 0 Å². The van der Waals surface area contributed by atoms with Gasteiger partial charge in [0.15, 0.2) is 0 Å². The highest BCUT2D eigenvalue weighted by atomic mass is 16.4. The fourth-order valence-corrected chi connectivity index (χ4v) is 4.39. The van der Waals surface area contributed by atoms with E-state index in [4.69, 9.17) is 20.4 Å². The molecule has 0 amide bonds. The smallest absolute Gasteiger partial charge is 0.303 e. The van der Waals surface area contributed by atoms with E-state index in [0.29, 0.717) is 0 Å². The lowest BCUT2D eigenvalue weighted by atomic mass is 10.0. The van der Waals surface area contributed by atoms with Gasteiger partial charge in [-0.05, 0) is 13.3 Å². The molecule has 0 bridgehead atoms. The van der Waals surface area contributed by atoms with Crippen molar-refractivity contribution < 1.29 is 30.0 Å². The quantitative estimate of drug-likeness (QED) is 0.0725. The van der Waals surface area contributed by atoms with Crippen LogP contribution >= 0.6 is 0 Å².